The van der Waals surface area contributed by atoms with Gasteiger partial charge >= 0.3 is 0 Å². The summed E-state index contributed by atoms with van der Waals surface area (Å²) in [7, 11) is 1.90. The molecule has 122 valence electrons. The van der Waals surface area contributed by atoms with Gasteiger partial charge in [0.15, 0.2) is 0 Å². The normalized spacial score (nSPS) is 38.3. The predicted molar refractivity (Wildman–Crippen MR) is 91.3 cm³/mol. The number of fused-ring (bicyclic) bond motifs is 5. The molecule has 0 saturated heterocycles. The molecule has 2 nitrogen and oxygen atoms in total. The molecule has 0 bridgehead atoms. The van der Waals surface area contributed by atoms with Gasteiger partial charge in [-0.1, -0.05) is 13.0 Å². The minimum Gasteiger partial charge on any atom is -0.381 e. The first kappa shape index (κ1) is 15.2. The highest BCUT2D eigenvalue weighted by atomic mass is 16.5. The second-order valence-electron chi connectivity index (χ2n) is 8.18. The van der Waals surface area contributed by atoms with Crippen LogP contribution >= 0.6 is 0 Å². The molecule has 0 aromatic heterocycles. The van der Waals surface area contributed by atoms with Crippen LogP contribution < -0.4 is 0 Å². The first-order valence-corrected chi connectivity index (χ1v) is 9.15. The van der Waals surface area contributed by atoms with E-state index in [4.69, 9.17) is 4.74 Å². The van der Waals surface area contributed by atoms with Gasteiger partial charge in [-0.3, -0.25) is 0 Å². The first-order chi connectivity index (χ1) is 11.1. The van der Waals surface area contributed by atoms with Gasteiger partial charge in [0, 0.05) is 7.11 Å². The molecule has 0 amide bonds. The number of benzene rings is 1. The number of ether oxygens (including phenoxy) is 1. The maximum Gasteiger partial charge on any atom is 0.0994 e. The molecule has 3 aliphatic carbocycles. The van der Waals surface area contributed by atoms with Crippen LogP contribution in [0.25, 0.3) is 0 Å². The quantitative estimate of drug-likeness (QED) is 0.751. The molecule has 4 rings (SSSR count). The average molecular weight is 309 g/mol. The van der Waals surface area contributed by atoms with E-state index < -0.39 is 0 Å². The summed E-state index contributed by atoms with van der Waals surface area (Å²) in [5, 5.41) is 9.30. The van der Waals surface area contributed by atoms with Gasteiger partial charge in [-0.05, 0) is 91.4 Å². The summed E-state index contributed by atoms with van der Waals surface area (Å²) in [6, 6.07) is 6.68. The van der Waals surface area contributed by atoms with Crippen LogP contribution in [0.3, 0.4) is 0 Å². The SMILES string of the molecule is CO[C@H]1CCC2C3CCc4c(ccc(C#N)c4C)C3CC[C@@]21C. The lowest BCUT2D eigenvalue weighted by Gasteiger charge is -2.50. The average Bonchev–Trinajstić information content (AvgIpc) is 2.91. The fourth-order valence-corrected chi connectivity index (χ4v) is 6.30. The van der Waals surface area contributed by atoms with E-state index in [0.717, 1.165) is 23.8 Å². The summed E-state index contributed by atoms with van der Waals surface area (Å²) in [4.78, 5) is 0. The number of rotatable bonds is 1. The van der Waals surface area contributed by atoms with E-state index in [1.807, 2.05) is 7.11 Å². The summed E-state index contributed by atoms with van der Waals surface area (Å²) >= 11 is 0. The summed E-state index contributed by atoms with van der Waals surface area (Å²) in [5.41, 5.74) is 5.52. The smallest absolute Gasteiger partial charge is 0.0994 e. The van der Waals surface area contributed by atoms with Crippen LogP contribution in [0.5, 0.6) is 0 Å². The number of nitrogens with zero attached hydrogens (tertiary/aromatic N) is 1. The van der Waals surface area contributed by atoms with Crippen molar-refractivity contribution in [2.75, 3.05) is 7.11 Å². The highest BCUT2D eigenvalue weighted by Gasteiger charge is 2.55. The Bertz CT molecular complexity index is 673. The third kappa shape index (κ3) is 2.02. The molecule has 2 fully saturated rings. The molecule has 0 heterocycles. The summed E-state index contributed by atoms with van der Waals surface area (Å²) in [6.45, 7) is 4.62. The molecule has 2 saturated carbocycles. The third-order valence-electron chi connectivity index (χ3n) is 7.52. The predicted octanol–water partition coefficient (Wildman–Crippen LogP) is 4.74. The van der Waals surface area contributed by atoms with Gasteiger partial charge in [-0.25, -0.2) is 0 Å². The molecular formula is C21H27NO. The Kier molecular flexibility index (Phi) is 3.54. The molecule has 23 heavy (non-hydrogen) atoms. The molecule has 3 aliphatic rings. The van der Waals surface area contributed by atoms with Crippen molar-refractivity contribution in [3.63, 3.8) is 0 Å². The Balaban J connectivity index is 1.71. The van der Waals surface area contributed by atoms with Crippen molar-refractivity contribution in [3.05, 3.63) is 34.4 Å². The first-order valence-electron chi connectivity index (χ1n) is 9.15. The highest BCUT2D eigenvalue weighted by molar-refractivity contribution is 5.49. The van der Waals surface area contributed by atoms with E-state index in [0.29, 0.717) is 17.4 Å². The maximum atomic E-state index is 9.30. The van der Waals surface area contributed by atoms with E-state index >= 15 is 0 Å². The van der Waals surface area contributed by atoms with Crippen LogP contribution in [0.1, 0.15) is 67.2 Å². The monoisotopic (exact) mass is 309 g/mol. The van der Waals surface area contributed by atoms with Gasteiger partial charge in [-0.15, -0.1) is 0 Å². The Labute approximate surface area is 139 Å². The van der Waals surface area contributed by atoms with Crippen LogP contribution in [0.15, 0.2) is 12.1 Å². The summed E-state index contributed by atoms with van der Waals surface area (Å²) in [5.74, 6) is 2.34. The lowest BCUT2D eigenvalue weighted by atomic mass is 9.55. The van der Waals surface area contributed by atoms with E-state index in [-0.39, 0.29) is 0 Å². The Morgan fingerprint density at radius 2 is 2.04 bits per heavy atom. The minimum atomic E-state index is 0.384. The standard InChI is InChI=1S/C21H27NO/c1-13-14(12-22)4-5-16-15(13)6-7-18-17(16)10-11-21(2)19(18)8-9-20(21)23-3/h4-5,17-20H,6-11H2,1-3H3/t17?,18?,19?,20-,21-/m0/s1. The second-order valence-corrected chi connectivity index (χ2v) is 8.18. The van der Waals surface area contributed by atoms with Gasteiger partial charge in [0.2, 0.25) is 0 Å². The summed E-state index contributed by atoms with van der Waals surface area (Å²) < 4.78 is 5.85. The minimum absolute atomic E-state index is 0.384. The van der Waals surface area contributed by atoms with Crippen LogP contribution in [-0.4, -0.2) is 13.2 Å². The second kappa shape index (κ2) is 5.35. The van der Waals surface area contributed by atoms with Gasteiger partial charge in [-0.2, -0.15) is 5.26 Å². The van der Waals surface area contributed by atoms with Crippen molar-refractivity contribution in [1.82, 2.24) is 0 Å². The molecule has 0 aliphatic heterocycles. The van der Waals surface area contributed by atoms with Crippen LogP contribution in [0, 0.1) is 35.5 Å². The zero-order valence-corrected chi connectivity index (χ0v) is 14.6. The number of hydrogen-bond acceptors (Lipinski definition) is 2. The van der Waals surface area contributed by atoms with Crippen molar-refractivity contribution in [2.45, 2.75) is 64.4 Å². The van der Waals surface area contributed by atoms with Gasteiger partial charge < -0.3 is 4.74 Å². The fourth-order valence-electron chi connectivity index (χ4n) is 6.30. The van der Waals surface area contributed by atoms with Crippen molar-refractivity contribution in [3.8, 4) is 6.07 Å². The van der Waals surface area contributed by atoms with Crippen LogP contribution in [-0.2, 0) is 11.2 Å². The summed E-state index contributed by atoms with van der Waals surface area (Å²) in [6.07, 6.45) is 8.05. The Morgan fingerprint density at radius 3 is 2.78 bits per heavy atom. The Morgan fingerprint density at radius 1 is 1.22 bits per heavy atom. The molecule has 0 N–H and O–H groups in total. The lowest BCUT2D eigenvalue weighted by Crippen LogP contribution is -2.44. The third-order valence-corrected chi connectivity index (χ3v) is 7.52. The molecule has 1 aromatic carbocycles. The van der Waals surface area contributed by atoms with E-state index in [9.17, 15) is 5.26 Å². The molecule has 2 heteroatoms. The molecule has 1 aromatic rings. The van der Waals surface area contributed by atoms with Crippen LogP contribution in [0.2, 0.25) is 0 Å². The molecule has 3 unspecified atom stereocenters. The molecule has 5 atom stereocenters. The van der Waals surface area contributed by atoms with Gasteiger partial charge in [0.1, 0.15) is 0 Å². The topological polar surface area (TPSA) is 33.0 Å². The maximum absolute atomic E-state index is 9.30. The van der Waals surface area contributed by atoms with E-state index in [1.54, 1.807) is 5.56 Å². The zero-order chi connectivity index (χ0) is 16.2. The lowest BCUT2D eigenvalue weighted by molar-refractivity contribution is -0.0444. The number of hydrogen-bond donors (Lipinski definition) is 0. The molecule has 0 radical (unpaired) electrons. The van der Waals surface area contributed by atoms with Crippen molar-refractivity contribution in [2.24, 2.45) is 17.3 Å². The van der Waals surface area contributed by atoms with E-state index in [1.165, 1.54) is 43.2 Å². The van der Waals surface area contributed by atoms with Crippen molar-refractivity contribution in [1.29, 1.82) is 5.26 Å². The van der Waals surface area contributed by atoms with Gasteiger partial charge in [0.25, 0.3) is 0 Å². The van der Waals surface area contributed by atoms with Crippen molar-refractivity contribution < 1.29 is 4.74 Å². The number of nitriles is 1. The number of methoxy groups -OCH3 is 1. The van der Waals surface area contributed by atoms with Gasteiger partial charge in [0.05, 0.1) is 17.7 Å². The largest absolute Gasteiger partial charge is 0.381 e. The van der Waals surface area contributed by atoms with E-state index in [2.05, 4.69) is 32.0 Å². The van der Waals surface area contributed by atoms with Crippen LogP contribution in [0.4, 0.5) is 0 Å². The highest BCUT2D eigenvalue weighted by Crippen LogP contribution is 2.61. The Hall–Kier alpha value is -1.33. The van der Waals surface area contributed by atoms with Crippen molar-refractivity contribution >= 4 is 0 Å². The fraction of sp³-hybridized carbons (Fsp3) is 0.667. The molecular weight excluding hydrogens is 282 g/mol. The zero-order valence-electron chi connectivity index (χ0n) is 14.6. The molecule has 0 spiro atoms.